The first-order valence-corrected chi connectivity index (χ1v) is 3.14. The van der Waals surface area contributed by atoms with E-state index in [0.717, 1.165) is 0 Å². The molecule has 2 aromatic rings. The predicted molar refractivity (Wildman–Crippen MR) is 39.1 cm³/mol. The maximum absolute atomic E-state index is 11.0. The Balaban J connectivity index is 3.08. The van der Waals surface area contributed by atoms with Gasteiger partial charge in [-0.2, -0.15) is 10.1 Å². The number of aromatic nitrogens is 4. The summed E-state index contributed by atoms with van der Waals surface area (Å²) < 4.78 is 1.71. The summed E-state index contributed by atoms with van der Waals surface area (Å²) in [5, 5.41) is 6.96. The molecule has 0 saturated carbocycles. The molecule has 0 unspecified atom stereocenters. The third kappa shape index (κ3) is 0.739. The first-order chi connectivity index (χ1) is 5.29. The molecule has 0 amide bonds. The lowest BCUT2D eigenvalue weighted by molar-refractivity contribution is 0.878. The molecule has 1 N–H and O–H groups in total. The lowest BCUT2D eigenvalue weighted by Crippen LogP contribution is -2.08. The molecule has 0 fully saturated rings. The number of aryl methyl sites for hydroxylation is 1. The molecule has 0 aliphatic heterocycles. The zero-order valence-corrected chi connectivity index (χ0v) is 5.90. The van der Waals surface area contributed by atoms with E-state index < -0.39 is 0 Å². The van der Waals surface area contributed by atoms with Crippen LogP contribution in [0.15, 0.2) is 17.3 Å². The Bertz CT molecular complexity index is 441. The standard InChI is InChI=1S/C6H6N4O/c1-10-3-7-6(11)4-2-8-9-5(4)10/h2-3H,1H3,(H,8,9). The summed E-state index contributed by atoms with van der Waals surface area (Å²) >= 11 is 0. The number of nitrogens with zero attached hydrogens (tertiary/aromatic N) is 3. The second kappa shape index (κ2) is 1.91. The Labute approximate surface area is 61.7 Å². The highest BCUT2D eigenvalue weighted by Gasteiger charge is 2.01. The van der Waals surface area contributed by atoms with E-state index in [1.807, 2.05) is 0 Å². The van der Waals surface area contributed by atoms with Crippen LogP contribution in [0.3, 0.4) is 0 Å². The number of nitrogens with one attached hydrogen (secondary N) is 1. The van der Waals surface area contributed by atoms with Crippen molar-refractivity contribution in [3.05, 3.63) is 22.9 Å². The quantitative estimate of drug-likeness (QED) is 0.558. The van der Waals surface area contributed by atoms with Gasteiger partial charge in [-0.1, -0.05) is 0 Å². The van der Waals surface area contributed by atoms with Gasteiger partial charge in [0.15, 0.2) is 0 Å². The molecule has 0 spiro atoms. The number of fused-ring (bicyclic) bond motifs is 1. The summed E-state index contributed by atoms with van der Waals surface area (Å²) in [6, 6.07) is 0. The van der Waals surface area contributed by atoms with Crippen LogP contribution < -0.4 is 5.56 Å². The fourth-order valence-electron chi connectivity index (χ4n) is 0.971. The smallest absolute Gasteiger partial charge is 0.283 e. The zero-order valence-electron chi connectivity index (χ0n) is 5.90. The summed E-state index contributed by atoms with van der Waals surface area (Å²) in [6.45, 7) is 0. The zero-order chi connectivity index (χ0) is 7.84. The SMILES string of the molecule is Cn1cnc(=O)c2cn[nH]c21. The van der Waals surface area contributed by atoms with Crippen LogP contribution in [0, 0.1) is 0 Å². The molecule has 0 aromatic carbocycles. The second-order valence-corrected chi connectivity index (χ2v) is 2.29. The molecule has 2 heterocycles. The average Bonchev–Trinajstić information content (AvgIpc) is 2.45. The van der Waals surface area contributed by atoms with Gasteiger partial charge in [-0.25, -0.2) is 0 Å². The Hall–Kier alpha value is -1.65. The minimum absolute atomic E-state index is 0.244. The molecular weight excluding hydrogens is 144 g/mol. The molecule has 0 bridgehead atoms. The lowest BCUT2D eigenvalue weighted by atomic mass is 10.4. The molecule has 0 atom stereocenters. The van der Waals surface area contributed by atoms with E-state index in [9.17, 15) is 4.79 Å². The molecule has 0 aliphatic rings. The second-order valence-electron chi connectivity index (χ2n) is 2.29. The molecule has 56 valence electrons. The Morgan fingerprint density at radius 2 is 2.45 bits per heavy atom. The third-order valence-electron chi connectivity index (χ3n) is 1.55. The van der Waals surface area contributed by atoms with Gasteiger partial charge in [-0.15, -0.1) is 0 Å². The highest BCUT2D eigenvalue weighted by Crippen LogP contribution is 2.00. The van der Waals surface area contributed by atoms with Gasteiger partial charge in [0.25, 0.3) is 5.56 Å². The molecule has 0 saturated heterocycles. The van der Waals surface area contributed by atoms with Crippen LogP contribution in [0.5, 0.6) is 0 Å². The van der Waals surface area contributed by atoms with E-state index >= 15 is 0 Å². The molecule has 5 heteroatoms. The summed E-state index contributed by atoms with van der Waals surface area (Å²) in [6.07, 6.45) is 2.94. The fraction of sp³-hybridized carbons (Fsp3) is 0.167. The predicted octanol–water partition coefficient (Wildman–Crippen LogP) is -0.343. The van der Waals surface area contributed by atoms with Crippen molar-refractivity contribution in [3.63, 3.8) is 0 Å². The van der Waals surface area contributed by atoms with E-state index in [1.165, 1.54) is 12.5 Å². The summed E-state index contributed by atoms with van der Waals surface area (Å²) in [5.74, 6) is 0. The van der Waals surface area contributed by atoms with Gasteiger partial charge in [-0.3, -0.25) is 9.89 Å². The van der Waals surface area contributed by atoms with Crippen LogP contribution >= 0.6 is 0 Å². The Morgan fingerprint density at radius 1 is 1.64 bits per heavy atom. The number of hydrogen-bond acceptors (Lipinski definition) is 3. The third-order valence-corrected chi connectivity index (χ3v) is 1.55. The summed E-state index contributed by atoms with van der Waals surface area (Å²) in [5.41, 5.74) is 0.455. The highest BCUT2D eigenvalue weighted by molar-refractivity contribution is 5.72. The van der Waals surface area contributed by atoms with Crippen molar-refractivity contribution >= 4 is 11.0 Å². The van der Waals surface area contributed by atoms with E-state index in [-0.39, 0.29) is 5.56 Å². The number of hydrogen-bond donors (Lipinski definition) is 1. The molecule has 0 aliphatic carbocycles. The maximum Gasteiger partial charge on any atom is 0.283 e. The van der Waals surface area contributed by atoms with Gasteiger partial charge in [0.1, 0.15) is 17.4 Å². The van der Waals surface area contributed by atoms with Crippen LogP contribution in [0.2, 0.25) is 0 Å². The molecule has 5 nitrogen and oxygen atoms in total. The number of aromatic amines is 1. The lowest BCUT2D eigenvalue weighted by Gasteiger charge is -1.95. The summed E-state index contributed by atoms with van der Waals surface area (Å²) in [7, 11) is 1.80. The minimum atomic E-state index is -0.244. The Morgan fingerprint density at radius 3 is 3.18 bits per heavy atom. The molecule has 2 aromatic heterocycles. The maximum atomic E-state index is 11.0. The highest BCUT2D eigenvalue weighted by atomic mass is 16.1. The topological polar surface area (TPSA) is 63.6 Å². The van der Waals surface area contributed by atoms with Crippen molar-refractivity contribution in [3.8, 4) is 0 Å². The summed E-state index contributed by atoms with van der Waals surface area (Å²) in [4.78, 5) is 14.6. The largest absolute Gasteiger partial charge is 0.320 e. The van der Waals surface area contributed by atoms with Crippen molar-refractivity contribution in [2.24, 2.45) is 7.05 Å². The normalized spacial score (nSPS) is 10.6. The fourth-order valence-corrected chi connectivity index (χ4v) is 0.971. The van der Waals surface area contributed by atoms with E-state index in [1.54, 1.807) is 11.6 Å². The minimum Gasteiger partial charge on any atom is -0.320 e. The average molecular weight is 150 g/mol. The number of H-pyrrole nitrogens is 1. The monoisotopic (exact) mass is 150 g/mol. The molecule has 2 rings (SSSR count). The van der Waals surface area contributed by atoms with Crippen molar-refractivity contribution in [2.45, 2.75) is 0 Å². The van der Waals surface area contributed by atoms with Crippen LogP contribution in [-0.4, -0.2) is 19.7 Å². The van der Waals surface area contributed by atoms with Crippen molar-refractivity contribution in [1.82, 2.24) is 19.7 Å². The van der Waals surface area contributed by atoms with Gasteiger partial charge in [0.05, 0.1) is 6.20 Å². The van der Waals surface area contributed by atoms with Crippen LogP contribution in [0.25, 0.3) is 11.0 Å². The van der Waals surface area contributed by atoms with Crippen LogP contribution in [-0.2, 0) is 7.05 Å². The van der Waals surface area contributed by atoms with Crippen LogP contribution in [0.4, 0.5) is 0 Å². The van der Waals surface area contributed by atoms with Crippen LogP contribution in [0.1, 0.15) is 0 Å². The van der Waals surface area contributed by atoms with Gasteiger partial charge in [-0.05, 0) is 0 Å². The van der Waals surface area contributed by atoms with E-state index in [0.29, 0.717) is 11.0 Å². The van der Waals surface area contributed by atoms with Gasteiger partial charge in [0, 0.05) is 7.05 Å². The van der Waals surface area contributed by atoms with Gasteiger partial charge >= 0.3 is 0 Å². The van der Waals surface area contributed by atoms with Crippen molar-refractivity contribution < 1.29 is 0 Å². The Kier molecular flexibility index (Phi) is 1.06. The first kappa shape index (κ1) is 6.09. The van der Waals surface area contributed by atoms with Crippen molar-refractivity contribution in [1.29, 1.82) is 0 Å². The molecular formula is C6H6N4O. The number of rotatable bonds is 0. The molecule has 0 radical (unpaired) electrons. The van der Waals surface area contributed by atoms with Gasteiger partial charge < -0.3 is 4.57 Å². The van der Waals surface area contributed by atoms with Crippen molar-refractivity contribution in [2.75, 3.05) is 0 Å². The van der Waals surface area contributed by atoms with E-state index in [2.05, 4.69) is 15.2 Å². The van der Waals surface area contributed by atoms with Gasteiger partial charge in [0.2, 0.25) is 0 Å². The van der Waals surface area contributed by atoms with E-state index in [4.69, 9.17) is 0 Å². The molecule has 11 heavy (non-hydrogen) atoms. The first-order valence-electron chi connectivity index (χ1n) is 3.14.